The minimum Gasteiger partial charge on any atom is -0.290 e. The van der Waals surface area contributed by atoms with E-state index in [1.165, 1.54) is 11.0 Å². The van der Waals surface area contributed by atoms with Crippen LogP contribution in [0.4, 0.5) is 14.5 Å². The van der Waals surface area contributed by atoms with E-state index in [2.05, 4.69) is 0 Å². The fraction of sp³-hybridized carbons (Fsp3) is 0.182. The molecule has 4 rings (SSSR count). The van der Waals surface area contributed by atoms with E-state index in [0.717, 1.165) is 22.9 Å². The summed E-state index contributed by atoms with van der Waals surface area (Å²) in [5.41, 5.74) is 1.07. The molecule has 0 spiro atoms. The van der Waals surface area contributed by atoms with Gasteiger partial charge in [0.2, 0.25) is 5.91 Å². The molecule has 1 atom stereocenters. The van der Waals surface area contributed by atoms with Crippen LogP contribution in [0, 0.1) is 11.6 Å². The smallest absolute Gasteiger partial charge is 0.251 e. The van der Waals surface area contributed by atoms with Crippen molar-refractivity contribution < 1.29 is 18.4 Å². The van der Waals surface area contributed by atoms with Gasteiger partial charge in [-0.25, -0.2) is 13.7 Å². The van der Waals surface area contributed by atoms with Gasteiger partial charge in [0.25, 0.3) is 5.91 Å². The van der Waals surface area contributed by atoms with Gasteiger partial charge in [0.05, 0.1) is 18.2 Å². The van der Waals surface area contributed by atoms with Crippen molar-refractivity contribution in [1.82, 2.24) is 4.90 Å². The zero-order chi connectivity index (χ0) is 19.8. The summed E-state index contributed by atoms with van der Waals surface area (Å²) in [6.45, 7) is 0.229. The van der Waals surface area contributed by atoms with Gasteiger partial charge in [-0.15, -0.1) is 0 Å². The van der Waals surface area contributed by atoms with E-state index in [-0.39, 0.29) is 24.8 Å². The number of fused-ring (bicyclic) bond motifs is 1. The van der Waals surface area contributed by atoms with Crippen LogP contribution in [0.1, 0.15) is 12.0 Å². The number of anilines is 1. The Balaban J connectivity index is 1.56. The van der Waals surface area contributed by atoms with Crippen LogP contribution in [-0.4, -0.2) is 29.8 Å². The first-order valence-electron chi connectivity index (χ1n) is 8.94. The molecule has 0 aliphatic carbocycles. The number of halogens is 2. The maximum absolute atomic E-state index is 13.4. The Morgan fingerprint density at radius 2 is 1.71 bits per heavy atom. The van der Waals surface area contributed by atoms with Crippen LogP contribution in [0.25, 0.3) is 10.8 Å². The molecule has 4 nitrogen and oxygen atoms in total. The van der Waals surface area contributed by atoms with Gasteiger partial charge in [0.15, 0.2) is 11.6 Å². The highest BCUT2D eigenvalue weighted by atomic mass is 19.2. The van der Waals surface area contributed by atoms with E-state index in [1.54, 1.807) is 18.0 Å². The largest absolute Gasteiger partial charge is 0.290 e. The average molecular weight is 380 g/mol. The Labute approximate surface area is 161 Å². The number of hydrogen-bond donors (Lipinski definition) is 0. The van der Waals surface area contributed by atoms with Gasteiger partial charge < -0.3 is 0 Å². The summed E-state index contributed by atoms with van der Waals surface area (Å²) in [4.78, 5) is 28.4. The molecule has 1 fully saturated rings. The second-order valence-electron chi connectivity index (χ2n) is 6.98. The van der Waals surface area contributed by atoms with Crippen LogP contribution in [0.2, 0.25) is 0 Å². The Hall–Kier alpha value is -3.12. The number of benzene rings is 3. The van der Waals surface area contributed by atoms with Crippen molar-refractivity contribution in [2.75, 3.05) is 11.9 Å². The van der Waals surface area contributed by atoms with Crippen molar-refractivity contribution >= 4 is 28.3 Å². The Morgan fingerprint density at radius 1 is 0.964 bits per heavy atom. The van der Waals surface area contributed by atoms with E-state index in [0.29, 0.717) is 11.3 Å². The van der Waals surface area contributed by atoms with E-state index < -0.39 is 17.7 Å². The lowest BCUT2D eigenvalue weighted by Crippen LogP contribution is -2.39. The minimum atomic E-state index is -0.933. The highest BCUT2D eigenvalue weighted by Crippen LogP contribution is 2.28. The number of likely N-dealkylation sites (N-methyl/N-ethyl adjacent to an activating group) is 1. The molecule has 3 aromatic carbocycles. The van der Waals surface area contributed by atoms with Crippen LogP contribution in [0.5, 0.6) is 0 Å². The molecule has 2 amide bonds. The lowest BCUT2D eigenvalue weighted by atomic mass is 10.1. The fourth-order valence-corrected chi connectivity index (χ4v) is 3.58. The molecule has 1 aliphatic heterocycles. The van der Waals surface area contributed by atoms with E-state index >= 15 is 0 Å². The molecule has 142 valence electrons. The van der Waals surface area contributed by atoms with E-state index in [4.69, 9.17) is 0 Å². The molecule has 28 heavy (non-hydrogen) atoms. The Kier molecular flexibility index (Phi) is 4.65. The van der Waals surface area contributed by atoms with Crippen molar-refractivity contribution in [2.24, 2.45) is 0 Å². The summed E-state index contributed by atoms with van der Waals surface area (Å²) in [5, 5.41) is 1.97. The Morgan fingerprint density at radius 3 is 2.46 bits per heavy atom. The second-order valence-corrected chi connectivity index (χ2v) is 6.98. The molecular weight excluding hydrogens is 362 g/mol. The third-order valence-corrected chi connectivity index (χ3v) is 5.06. The molecule has 1 saturated heterocycles. The summed E-state index contributed by atoms with van der Waals surface area (Å²) < 4.78 is 26.5. The van der Waals surface area contributed by atoms with Gasteiger partial charge in [-0.2, -0.15) is 0 Å². The van der Waals surface area contributed by atoms with Gasteiger partial charge >= 0.3 is 0 Å². The lowest BCUT2D eigenvalue weighted by molar-refractivity contribution is -0.122. The summed E-state index contributed by atoms with van der Waals surface area (Å²) in [7, 11) is 1.70. The van der Waals surface area contributed by atoms with E-state index in [1.807, 2.05) is 36.4 Å². The third-order valence-electron chi connectivity index (χ3n) is 5.06. The van der Waals surface area contributed by atoms with Crippen molar-refractivity contribution in [1.29, 1.82) is 0 Å². The lowest BCUT2D eigenvalue weighted by Gasteiger charge is -2.23. The van der Waals surface area contributed by atoms with Gasteiger partial charge in [-0.05, 0) is 47.6 Å². The number of carbonyl (C=O) groups is 2. The van der Waals surface area contributed by atoms with E-state index in [9.17, 15) is 18.4 Å². The summed E-state index contributed by atoms with van der Waals surface area (Å²) in [6, 6.07) is 16.2. The SMILES string of the molecule is CN(Cc1ccc(F)c(F)c1)C1CC(=O)N(c2ccc3ccccc3c2)C1=O. The molecule has 0 saturated carbocycles. The van der Waals surface area contributed by atoms with Gasteiger partial charge in [0, 0.05) is 6.54 Å². The van der Waals surface area contributed by atoms with Gasteiger partial charge in [-0.3, -0.25) is 14.5 Å². The summed E-state index contributed by atoms with van der Waals surface area (Å²) >= 11 is 0. The highest BCUT2D eigenvalue weighted by molar-refractivity contribution is 6.22. The second kappa shape index (κ2) is 7.13. The van der Waals surface area contributed by atoms with Crippen LogP contribution in [0.3, 0.4) is 0 Å². The number of hydrogen-bond acceptors (Lipinski definition) is 3. The third kappa shape index (κ3) is 3.27. The van der Waals surface area contributed by atoms with Gasteiger partial charge in [-0.1, -0.05) is 36.4 Å². The number of rotatable bonds is 4. The minimum absolute atomic E-state index is 0.0475. The van der Waals surface area contributed by atoms with Crippen molar-refractivity contribution in [2.45, 2.75) is 19.0 Å². The Bertz CT molecular complexity index is 1080. The predicted molar refractivity (Wildman–Crippen MR) is 103 cm³/mol. The normalized spacial score (nSPS) is 17.1. The molecule has 1 heterocycles. The number of imide groups is 1. The van der Waals surface area contributed by atoms with Gasteiger partial charge in [0.1, 0.15) is 0 Å². The first-order valence-corrected chi connectivity index (χ1v) is 8.94. The van der Waals surface area contributed by atoms with Crippen LogP contribution in [0.15, 0.2) is 60.7 Å². The zero-order valence-corrected chi connectivity index (χ0v) is 15.2. The molecule has 0 aromatic heterocycles. The topological polar surface area (TPSA) is 40.6 Å². The van der Waals surface area contributed by atoms with Crippen molar-refractivity contribution in [3.8, 4) is 0 Å². The number of amides is 2. The molecule has 0 N–H and O–H groups in total. The molecule has 0 radical (unpaired) electrons. The fourth-order valence-electron chi connectivity index (χ4n) is 3.58. The molecule has 1 aliphatic rings. The molecule has 1 unspecified atom stereocenters. The highest BCUT2D eigenvalue weighted by Gasteiger charge is 2.41. The molecular formula is C22H18F2N2O2. The summed E-state index contributed by atoms with van der Waals surface area (Å²) in [5.74, 6) is -2.44. The molecule has 0 bridgehead atoms. The maximum atomic E-state index is 13.4. The predicted octanol–water partition coefficient (Wildman–Crippen LogP) is 3.88. The number of carbonyl (C=O) groups excluding carboxylic acids is 2. The van der Waals surface area contributed by atoms with Crippen molar-refractivity contribution in [3.63, 3.8) is 0 Å². The van der Waals surface area contributed by atoms with Crippen LogP contribution < -0.4 is 4.90 Å². The summed E-state index contributed by atoms with van der Waals surface area (Å²) in [6.07, 6.45) is 0.0475. The maximum Gasteiger partial charge on any atom is 0.251 e. The number of nitrogens with zero attached hydrogens (tertiary/aromatic N) is 2. The monoisotopic (exact) mass is 380 g/mol. The average Bonchev–Trinajstić information content (AvgIpc) is 2.98. The first-order chi connectivity index (χ1) is 13.4. The first kappa shape index (κ1) is 18.3. The quantitative estimate of drug-likeness (QED) is 0.645. The van der Waals surface area contributed by atoms with Crippen LogP contribution in [-0.2, 0) is 16.1 Å². The van der Waals surface area contributed by atoms with Crippen LogP contribution >= 0.6 is 0 Å². The zero-order valence-electron chi connectivity index (χ0n) is 15.2. The molecule has 3 aromatic rings. The van der Waals surface area contributed by atoms with Crippen molar-refractivity contribution in [3.05, 3.63) is 77.9 Å². The molecule has 6 heteroatoms. The standard InChI is InChI=1S/C22H18F2N2O2/c1-25(13-14-6-9-18(23)19(24)10-14)20-12-21(27)26(22(20)28)17-8-7-15-4-2-3-5-16(15)11-17/h2-11,20H,12-13H2,1H3.